The van der Waals surface area contributed by atoms with E-state index in [0.29, 0.717) is 22.7 Å². The molecule has 1 aromatic carbocycles. The van der Waals surface area contributed by atoms with Crippen LogP contribution in [0.25, 0.3) is 0 Å². The Bertz CT molecular complexity index is 507. The number of hydrogen-bond donors (Lipinski definition) is 3. The molecule has 0 atom stereocenters. The lowest BCUT2D eigenvalue weighted by Gasteiger charge is -2.12. The maximum atomic E-state index is 11.4. The van der Waals surface area contributed by atoms with Crippen molar-refractivity contribution in [3.05, 3.63) is 28.8 Å². The number of aryl methyl sites for hydroxylation is 1. The van der Waals surface area contributed by atoms with E-state index in [1.807, 2.05) is 0 Å². The van der Waals surface area contributed by atoms with Crippen LogP contribution in [0.5, 0.6) is 0 Å². The Balaban J connectivity index is 2.34. The molecular formula is C13H16N2O3. The Morgan fingerprint density at radius 3 is 2.56 bits per heavy atom. The Kier molecular flexibility index (Phi) is 3.23. The smallest absolute Gasteiger partial charge is 0.336 e. The van der Waals surface area contributed by atoms with Gasteiger partial charge in [-0.3, -0.25) is 4.79 Å². The van der Waals surface area contributed by atoms with Crippen LogP contribution in [0.1, 0.15) is 39.1 Å². The third kappa shape index (κ3) is 2.61. The van der Waals surface area contributed by atoms with E-state index >= 15 is 0 Å². The van der Waals surface area contributed by atoms with Gasteiger partial charge in [-0.1, -0.05) is 0 Å². The number of carboxylic acid groups (broad SMARTS) is 1. The molecule has 0 unspecified atom stereocenters. The zero-order chi connectivity index (χ0) is 13.3. The van der Waals surface area contributed by atoms with Gasteiger partial charge in [-0.15, -0.1) is 0 Å². The van der Waals surface area contributed by atoms with E-state index in [1.54, 1.807) is 6.92 Å². The maximum Gasteiger partial charge on any atom is 0.336 e. The van der Waals surface area contributed by atoms with E-state index in [1.165, 1.54) is 25.0 Å². The van der Waals surface area contributed by atoms with E-state index in [0.717, 1.165) is 6.54 Å². The first-order valence-corrected chi connectivity index (χ1v) is 5.90. The summed E-state index contributed by atoms with van der Waals surface area (Å²) in [5, 5.41) is 12.2. The van der Waals surface area contributed by atoms with Crippen molar-refractivity contribution in [2.45, 2.75) is 19.8 Å². The minimum atomic E-state index is -1.00. The monoisotopic (exact) mass is 248 g/mol. The number of amides is 1. The fraction of sp³-hybridized carbons (Fsp3) is 0.385. The number of aromatic carboxylic acids is 1. The SMILES string of the molecule is Cc1cc(C(N)=O)c(NCC2CC2)cc1C(=O)O. The molecule has 0 aromatic heterocycles. The normalized spacial score (nSPS) is 14.3. The molecular weight excluding hydrogens is 232 g/mol. The van der Waals surface area contributed by atoms with Gasteiger partial charge in [0, 0.05) is 12.2 Å². The molecule has 0 spiro atoms. The lowest BCUT2D eigenvalue weighted by Crippen LogP contribution is -2.17. The number of primary amides is 1. The van der Waals surface area contributed by atoms with Gasteiger partial charge in [0.15, 0.2) is 0 Å². The van der Waals surface area contributed by atoms with Crippen molar-refractivity contribution in [2.75, 3.05) is 11.9 Å². The van der Waals surface area contributed by atoms with Crippen LogP contribution in [-0.4, -0.2) is 23.5 Å². The molecule has 0 heterocycles. The first-order chi connectivity index (χ1) is 8.49. The van der Waals surface area contributed by atoms with Gasteiger partial charge in [0.1, 0.15) is 0 Å². The number of carbonyl (C=O) groups is 2. The fourth-order valence-electron chi connectivity index (χ4n) is 1.86. The van der Waals surface area contributed by atoms with Crippen LogP contribution in [0.4, 0.5) is 5.69 Å². The molecule has 96 valence electrons. The van der Waals surface area contributed by atoms with E-state index in [2.05, 4.69) is 5.32 Å². The van der Waals surface area contributed by atoms with Crippen LogP contribution < -0.4 is 11.1 Å². The third-order valence-electron chi connectivity index (χ3n) is 3.14. The molecule has 0 aliphatic heterocycles. The van der Waals surface area contributed by atoms with Crippen LogP contribution in [0, 0.1) is 12.8 Å². The van der Waals surface area contributed by atoms with Crippen molar-refractivity contribution >= 4 is 17.6 Å². The molecule has 0 radical (unpaired) electrons. The summed E-state index contributed by atoms with van der Waals surface area (Å²) < 4.78 is 0. The topological polar surface area (TPSA) is 92.4 Å². The second-order valence-corrected chi connectivity index (χ2v) is 4.71. The number of nitrogens with two attached hydrogens (primary N) is 1. The van der Waals surface area contributed by atoms with Crippen LogP contribution in [0.2, 0.25) is 0 Å². The summed E-state index contributed by atoms with van der Waals surface area (Å²) in [5.41, 5.74) is 6.89. The van der Waals surface area contributed by atoms with E-state index in [4.69, 9.17) is 10.8 Å². The highest BCUT2D eigenvalue weighted by Gasteiger charge is 2.22. The summed E-state index contributed by atoms with van der Waals surface area (Å²) in [6.45, 7) is 2.41. The first kappa shape index (κ1) is 12.4. The molecule has 0 bridgehead atoms. The summed E-state index contributed by atoms with van der Waals surface area (Å²) in [7, 11) is 0. The Hall–Kier alpha value is -2.04. The predicted molar refractivity (Wildman–Crippen MR) is 67.9 cm³/mol. The van der Waals surface area contributed by atoms with E-state index in [-0.39, 0.29) is 5.56 Å². The van der Waals surface area contributed by atoms with Gasteiger partial charge >= 0.3 is 5.97 Å². The summed E-state index contributed by atoms with van der Waals surface area (Å²) in [4.78, 5) is 22.4. The summed E-state index contributed by atoms with van der Waals surface area (Å²) in [6, 6.07) is 3.02. The number of anilines is 1. The molecule has 1 aliphatic carbocycles. The lowest BCUT2D eigenvalue weighted by molar-refractivity contribution is 0.0695. The van der Waals surface area contributed by atoms with Crippen LogP contribution in [-0.2, 0) is 0 Å². The zero-order valence-corrected chi connectivity index (χ0v) is 10.2. The standard InChI is InChI=1S/C13H16N2O3/c1-7-4-10(12(14)16)11(5-9(7)13(17)18)15-6-8-2-3-8/h4-5,8,15H,2-3,6H2,1H3,(H2,14,16)(H,17,18). The number of carboxylic acids is 1. The van der Waals surface area contributed by atoms with Crippen molar-refractivity contribution in [2.24, 2.45) is 11.7 Å². The number of nitrogens with one attached hydrogen (secondary N) is 1. The summed E-state index contributed by atoms with van der Waals surface area (Å²) >= 11 is 0. The molecule has 4 N–H and O–H groups in total. The molecule has 5 heteroatoms. The third-order valence-corrected chi connectivity index (χ3v) is 3.14. The number of benzene rings is 1. The van der Waals surface area contributed by atoms with Crippen molar-refractivity contribution in [3.63, 3.8) is 0 Å². The Morgan fingerprint density at radius 2 is 2.06 bits per heavy atom. The Morgan fingerprint density at radius 1 is 1.39 bits per heavy atom. The lowest BCUT2D eigenvalue weighted by atomic mass is 10.0. The second-order valence-electron chi connectivity index (χ2n) is 4.71. The second kappa shape index (κ2) is 4.68. The number of rotatable bonds is 5. The first-order valence-electron chi connectivity index (χ1n) is 5.90. The average Bonchev–Trinajstić information content (AvgIpc) is 3.10. The molecule has 1 aliphatic rings. The van der Waals surface area contributed by atoms with Crippen LogP contribution in [0.15, 0.2) is 12.1 Å². The maximum absolute atomic E-state index is 11.4. The zero-order valence-electron chi connectivity index (χ0n) is 10.2. The molecule has 1 aromatic rings. The van der Waals surface area contributed by atoms with Crippen molar-refractivity contribution < 1.29 is 14.7 Å². The summed E-state index contributed by atoms with van der Waals surface area (Å²) in [6.07, 6.45) is 2.35. The fourth-order valence-corrected chi connectivity index (χ4v) is 1.86. The molecule has 18 heavy (non-hydrogen) atoms. The number of hydrogen-bond acceptors (Lipinski definition) is 3. The highest BCUT2D eigenvalue weighted by atomic mass is 16.4. The van der Waals surface area contributed by atoms with E-state index < -0.39 is 11.9 Å². The van der Waals surface area contributed by atoms with Crippen molar-refractivity contribution in [1.29, 1.82) is 0 Å². The molecule has 5 nitrogen and oxygen atoms in total. The van der Waals surface area contributed by atoms with Crippen molar-refractivity contribution in [1.82, 2.24) is 0 Å². The van der Waals surface area contributed by atoms with Crippen molar-refractivity contribution in [3.8, 4) is 0 Å². The molecule has 2 rings (SSSR count). The predicted octanol–water partition coefficient (Wildman–Crippen LogP) is 1.61. The molecule has 1 saturated carbocycles. The minimum absolute atomic E-state index is 0.193. The summed E-state index contributed by atoms with van der Waals surface area (Å²) in [5.74, 6) is -0.924. The van der Waals surface area contributed by atoms with Gasteiger partial charge in [0.05, 0.1) is 11.1 Å². The van der Waals surface area contributed by atoms with Gasteiger partial charge in [0.2, 0.25) is 0 Å². The van der Waals surface area contributed by atoms with Gasteiger partial charge in [-0.25, -0.2) is 4.79 Å². The molecule has 0 saturated heterocycles. The highest BCUT2D eigenvalue weighted by molar-refractivity contribution is 6.01. The largest absolute Gasteiger partial charge is 0.478 e. The van der Waals surface area contributed by atoms with Gasteiger partial charge in [0.25, 0.3) is 5.91 Å². The average molecular weight is 248 g/mol. The van der Waals surface area contributed by atoms with Gasteiger partial charge in [-0.05, 0) is 43.4 Å². The number of carbonyl (C=O) groups excluding carboxylic acids is 1. The minimum Gasteiger partial charge on any atom is -0.478 e. The highest BCUT2D eigenvalue weighted by Crippen LogP contribution is 2.30. The Labute approximate surface area is 105 Å². The van der Waals surface area contributed by atoms with Crippen LogP contribution >= 0.6 is 0 Å². The van der Waals surface area contributed by atoms with Crippen LogP contribution in [0.3, 0.4) is 0 Å². The molecule has 1 fully saturated rings. The van der Waals surface area contributed by atoms with E-state index in [9.17, 15) is 9.59 Å². The van der Waals surface area contributed by atoms with Gasteiger partial charge in [-0.2, -0.15) is 0 Å². The molecule has 1 amide bonds. The quantitative estimate of drug-likeness (QED) is 0.738. The van der Waals surface area contributed by atoms with Gasteiger partial charge < -0.3 is 16.2 Å².